The summed E-state index contributed by atoms with van der Waals surface area (Å²) in [5, 5.41) is 15.2. The van der Waals surface area contributed by atoms with E-state index in [1.54, 1.807) is 0 Å². The number of H-pyrrole nitrogens is 1. The van der Waals surface area contributed by atoms with Crippen LogP contribution in [0.2, 0.25) is 0 Å². The Kier molecular flexibility index (Phi) is 4.28. The van der Waals surface area contributed by atoms with Gasteiger partial charge in [0.25, 0.3) is 5.56 Å². The quantitative estimate of drug-likeness (QED) is 0.883. The second kappa shape index (κ2) is 6.79. The highest BCUT2D eigenvalue weighted by molar-refractivity contribution is 5.84. The lowest BCUT2D eigenvalue weighted by Crippen LogP contribution is -2.26. The van der Waals surface area contributed by atoms with Gasteiger partial charge in [0, 0.05) is 17.5 Å². The van der Waals surface area contributed by atoms with E-state index in [1.165, 1.54) is 36.8 Å². The molecule has 142 valence electrons. The number of aromatic nitrogens is 3. The van der Waals surface area contributed by atoms with Gasteiger partial charge in [-0.3, -0.25) is 9.69 Å². The van der Waals surface area contributed by atoms with E-state index in [9.17, 15) is 4.79 Å². The summed E-state index contributed by atoms with van der Waals surface area (Å²) in [6.07, 6.45) is 9.59. The van der Waals surface area contributed by atoms with E-state index in [0.29, 0.717) is 19.0 Å². The standard InChI is InChI=1S/C21H27N5O/c22-10-4-12-26-20-18(15-5-1-2-6-16(15)21(27)23-20)19(24-26)17-7-3-11-25(17)13-14-8-9-14/h14,17H,1-9,11-13H2,(H,23,27)/t17-/m1/s1. The molecule has 2 aromatic rings. The molecule has 3 heterocycles. The molecule has 1 N–H and O–H groups in total. The van der Waals surface area contributed by atoms with Gasteiger partial charge in [-0.1, -0.05) is 0 Å². The summed E-state index contributed by atoms with van der Waals surface area (Å²) in [5.74, 6) is 0.867. The fraction of sp³-hybridized carbons (Fsp3) is 0.667. The van der Waals surface area contributed by atoms with Crippen LogP contribution in [0.25, 0.3) is 11.0 Å². The Bertz CT molecular complexity index is 962. The first-order valence-electron chi connectivity index (χ1n) is 10.5. The second-order valence-electron chi connectivity index (χ2n) is 8.45. The predicted octanol–water partition coefficient (Wildman–Crippen LogP) is 3.06. The van der Waals surface area contributed by atoms with Crippen LogP contribution in [0.15, 0.2) is 4.79 Å². The lowest BCUT2D eigenvalue weighted by Gasteiger charge is -2.24. The molecule has 0 bridgehead atoms. The van der Waals surface area contributed by atoms with Crippen LogP contribution in [0, 0.1) is 17.2 Å². The van der Waals surface area contributed by atoms with Gasteiger partial charge in [-0.25, -0.2) is 4.68 Å². The van der Waals surface area contributed by atoms with Crippen molar-refractivity contribution >= 4 is 11.0 Å². The molecule has 0 amide bonds. The van der Waals surface area contributed by atoms with Gasteiger partial charge in [0.15, 0.2) is 0 Å². The number of likely N-dealkylation sites (tertiary alicyclic amines) is 1. The molecule has 2 fully saturated rings. The van der Waals surface area contributed by atoms with E-state index in [0.717, 1.165) is 61.5 Å². The third kappa shape index (κ3) is 2.98. The summed E-state index contributed by atoms with van der Waals surface area (Å²) >= 11 is 0. The molecule has 0 unspecified atom stereocenters. The molecular formula is C21H27N5O. The summed E-state index contributed by atoms with van der Waals surface area (Å²) in [4.78, 5) is 18.4. The highest BCUT2D eigenvalue weighted by Crippen LogP contribution is 2.40. The maximum absolute atomic E-state index is 12.7. The molecule has 5 rings (SSSR count). The summed E-state index contributed by atoms with van der Waals surface area (Å²) in [6, 6.07) is 2.57. The van der Waals surface area contributed by atoms with E-state index in [4.69, 9.17) is 10.4 Å². The third-order valence-electron chi connectivity index (χ3n) is 6.56. The fourth-order valence-electron chi connectivity index (χ4n) is 5.06. The maximum Gasteiger partial charge on any atom is 0.253 e. The van der Waals surface area contributed by atoms with Crippen LogP contribution >= 0.6 is 0 Å². The molecule has 2 aromatic heterocycles. The summed E-state index contributed by atoms with van der Waals surface area (Å²) in [6.45, 7) is 2.87. The van der Waals surface area contributed by atoms with Crippen LogP contribution in [0.3, 0.4) is 0 Å². The van der Waals surface area contributed by atoms with Crippen LogP contribution in [-0.2, 0) is 19.4 Å². The maximum atomic E-state index is 12.7. The minimum atomic E-state index is 0.0446. The number of nitrogens with zero attached hydrogens (tertiary/aromatic N) is 4. The minimum Gasteiger partial charge on any atom is -0.307 e. The average molecular weight is 365 g/mol. The molecule has 0 aromatic carbocycles. The number of rotatable bonds is 5. The number of hydrogen-bond acceptors (Lipinski definition) is 4. The van der Waals surface area contributed by atoms with Crippen molar-refractivity contribution in [2.45, 2.75) is 70.4 Å². The molecule has 1 saturated heterocycles. The summed E-state index contributed by atoms with van der Waals surface area (Å²) < 4.78 is 1.89. The van der Waals surface area contributed by atoms with E-state index >= 15 is 0 Å². The molecule has 6 heteroatoms. The van der Waals surface area contributed by atoms with Crippen LogP contribution in [0.4, 0.5) is 0 Å². The Morgan fingerprint density at radius 3 is 2.74 bits per heavy atom. The third-order valence-corrected chi connectivity index (χ3v) is 6.56. The average Bonchev–Trinajstić information content (AvgIpc) is 3.26. The van der Waals surface area contributed by atoms with Crippen LogP contribution < -0.4 is 5.56 Å². The number of nitriles is 1. The van der Waals surface area contributed by atoms with E-state index < -0.39 is 0 Å². The fourth-order valence-corrected chi connectivity index (χ4v) is 5.06. The molecule has 0 radical (unpaired) electrons. The van der Waals surface area contributed by atoms with Gasteiger partial charge in [0.2, 0.25) is 0 Å². The Hall–Kier alpha value is -2.13. The van der Waals surface area contributed by atoms with Gasteiger partial charge in [0.1, 0.15) is 5.65 Å². The van der Waals surface area contributed by atoms with E-state index in [1.807, 2.05) is 4.68 Å². The monoisotopic (exact) mass is 365 g/mol. The Morgan fingerprint density at radius 1 is 1.15 bits per heavy atom. The molecule has 1 aliphatic heterocycles. The molecule has 2 aliphatic carbocycles. The normalized spacial score (nSPS) is 22.9. The Balaban J connectivity index is 1.66. The zero-order chi connectivity index (χ0) is 18.4. The first-order valence-corrected chi connectivity index (χ1v) is 10.5. The smallest absolute Gasteiger partial charge is 0.253 e. The number of hydrogen-bond donors (Lipinski definition) is 1. The number of fused-ring (bicyclic) bond motifs is 3. The molecular weight excluding hydrogens is 338 g/mol. The Morgan fingerprint density at radius 2 is 1.96 bits per heavy atom. The van der Waals surface area contributed by atoms with Gasteiger partial charge >= 0.3 is 0 Å². The number of aryl methyl sites for hydroxylation is 2. The zero-order valence-electron chi connectivity index (χ0n) is 15.8. The first-order chi connectivity index (χ1) is 13.3. The topological polar surface area (TPSA) is 77.7 Å². The zero-order valence-corrected chi connectivity index (χ0v) is 15.8. The van der Waals surface area contributed by atoms with Crippen LogP contribution in [-0.4, -0.2) is 32.8 Å². The predicted molar refractivity (Wildman–Crippen MR) is 103 cm³/mol. The van der Waals surface area contributed by atoms with Gasteiger partial charge in [-0.2, -0.15) is 10.4 Å². The number of pyridine rings is 1. The number of nitrogens with one attached hydrogen (secondary N) is 1. The second-order valence-corrected chi connectivity index (χ2v) is 8.45. The minimum absolute atomic E-state index is 0.0446. The van der Waals surface area contributed by atoms with Crippen molar-refractivity contribution in [2.24, 2.45) is 5.92 Å². The van der Waals surface area contributed by atoms with E-state index in [2.05, 4.69) is 16.0 Å². The van der Waals surface area contributed by atoms with Crippen molar-refractivity contribution in [1.82, 2.24) is 19.7 Å². The lowest BCUT2D eigenvalue weighted by atomic mass is 9.89. The largest absolute Gasteiger partial charge is 0.307 e. The SMILES string of the molecule is N#CCCn1nc([C@H]2CCCN2CC2CC2)c2c3c(c(=O)[nH]c21)CCCC3. The molecule has 6 nitrogen and oxygen atoms in total. The molecule has 27 heavy (non-hydrogen) atoms. The van der Waals surface area contributed by atoms with Crippen molar-refractivity contribution in [2.75, 3.05) is 13.1 Å². The van der Waals surface area contributed by atoms with Crippen LogP contribution in [0.1, 0.15) is 67.8 Å². The molecule has 1 saturated carbocycles. The van der Waals surface area contributed by atoms with Crippen LogP contribution in [0.5, 0.6) is 0 Å². The van der Waals surface area contributed by atoms with Gasteiger partial charge in [-0.15, -0.1) is 0 Å². The highest BCUT2D eigenvalue weighted by atomic mass is 16.1. The van der Waals surface area contributed by atoms with Gasteiger partial charge in [-0.05, 0) is 69.4 Å². The van der Waals surface area contributed by atoms with Crippen molar-refractivity contribution in [3.05, 3.63) is 27.2 Å². The van der Waals surface area contributed by atoms with Gasteiger partial charge < -0.3 is 4.98 Å². The molecule has 0 spiro atoms. The number of aromatic amines is 1. The van der Waals surface area contributed by atoms with Gasteiger partial charge in [0.05, 0.1) is 30.8 Å². The molecule has 3 aliphatic rings. The highest BCUT2D eigenvalue weighted by Gasteiger charge is 2.35. The first kappa shape index (κ1) is 17.0. The lowest BCUT2D eigenvalue weighted by molar-refractivity contribution is 0.242. The summed E-state index contributed by atoms with van der Waals surface area (Å²) in [7, 11) is 0. The van der Waals surface area contributed by atoms with E-state index in [-0.39, 0.29) is 5.56 Å². The van der Waals surface area contributed by atoms with Crippen molar-refractivity contribution in [1.29, 1.82) is 5.26 Å². The van der Waals surface area contributed by atoms with Crippen molar-refractivity contribution in [3.8, 4) is 6.07 Å². The van der Waals surface area contributed by atoms with Crippen molar-refractivity contribution < 1.29 is 0 Å². The Labute approximate surface area is 159 Å². The summed E-state index contributed by atoms with van der Waals surface area (Å²) in [5.41, 5.74) is 4.24. The van der Waals surface area contributed by atoms with Crippen molar-refractivity contribution in [3.63, 3.8) is 0 Å². The molecule has 1 atom stereocenters.